The van der Waals surface area contributed by atoms with Crippen molar-refractivity contribution < 1.29 is 4.79 Å². The first-order chi connectivity index (χ1) is 17.0. The molecule has 5 aromatic rings. The number of hydrogen-bond donors (Lipinski definition) is 1. The summed E-state index contributed by atoms with van der Waals surface area (Å²) in [4.78, 5) is 17.8. The van der Waals surface area contributed by atoms with Crippen molar-refractivity contribution in [2.24, 2.45) is 0 Å². The van der Waals surface area contributed by atoms with Crippen LogP contribution >= 0.6 is 11.8 Å². The van der Waals surface area contributed by atoms with Crippen molar-refractivity contribution in [2.75, 3.05) is 11.1 Å². The molecule has 1 N–H and O–H groups in total. The predicted molar refractivity (Wildman–Crippen MR) is 136 cm³/mol. The number of fused-ring (bicyclic) bond motifs is 1. The van der Waals surface area contributed by atoms with Gasteiger partial charge in [0.15, 0.2) is 11.0 Å². The molecule has 0 atom stereocenters. The lowest BCUT2D eigenvalue weighted by Crippen LogP contribution is -2.18. The van der Waals surface area contributed by atoms with Crippen LogP contribution in [0.4, 0.5) is 5.82 Å². The fourth-order valence-corrected chi connectivity index (χ4v) is 4.65. The number of hydrogen-bond acceptors (Lipinski definition) is 6. The maximum absolute atomic E-state index is 12.9. The Kier molecular flexibility index (Phi) is 6.04. The quantitative estimate of drug-likeness (QED) is 0.351. The summed E-state index contributed by atoms with van der Waals surface area (Å²) in [5.74, 6) is 0.158. The van der Waals surface area contributed by atoms with Crippen LogP contribution in [0.3, 0.4) is 0 Å². The number of imidazole rings is 1. The molecule has 0 saturated carbocycles. The zero-order valence-corrected chi connectivity index (χ0v) is 20.0. The topological polar surface area (TPSA) is 101 Å². The Hall–Kier alpha value is -4.42. The average Bonchev–Trinajstić information content (AvgIpc) is 3.45. The van der Waals surface area contributed by atoms with Gasteiger partial charge in [-0.1, -0.05) is 60.3 Å². The van der Waals surface area contributed by atoms with Gasteiger partial charge in [-0.05, 0) is 37.6 Å². The third-order valence-corrected chi connectivity index (χ3v) is 6.34. The summed E-state index contributed by atoms with van der Waals surface area (Å²) in [6, 6.07) is 23.4. The molecule has 9 heteroatoms. The van der Waals surface area contributed by atoms with Gasteiger partial charge in [0.1, 0.15) is 11.6 Å². The van der Waals surface area contributed by atoms with E-state index in [2.05, 4.69) is 21.6 Å². The molecule has 0 aliphatic rings. The van der Waals surface area contributed by atoms with Gasteiger partial charge >= 0.3 is 0 Å². The minimum Gasteiger partial charge on any atom is -0.309 e. The maximum atomic E-state index is 12.9. The van der Waals surface area contributed by atoms with E-state index in [1.54, 1.807) is 9.20 Å². The van der Waals surface area contributed by atoms with E-state index in [9.17, 15) is 10.1 Å². The van der Waals surface area contributed by atoms with E-state index in [-0.39, 0.29) is 17.2 Å². The Morgan fingerprint density at radius 3 is 2.51 bits per heavy atom. The fourth-order valence-electron chi connectivity index (χ4n) is 3.91. The van der Waals surface area contributed by atoms with E-state index >= 15 is 0 Å². The van der Waals surface area contributed by atoms with Gasteiger partial charge in [-0.3, -0.25) is 4.79 Å². The van der Waals surface area contributed by atoms with E-state index in [4.69, 9.17) is 4.98 Å². The first-order valence-electron chi connectivity index (χ1n) is 10.9. The molecule has 0 aliphatic carbocycles. The van der Waals surface area contributed by atoms with E-state index in [0.29, 0.717) is 11.0 Å². The van der Waals surface area contributed by atoms with Crippen molar-refractivity contribution in [3.05, 3.63) is 89.7 Å². The fraction of sp³-hybridized carbons (Fsp3) is 0.115. The van der Waals surface area contributed by atoms with Gasteiger partial charge in [0.05, 0.1) is 34.5 Å². The van der Waals surface area contributed by atoms with Crippen LogP contribution in [0, 0.1) is 25.2 Å². The van der Waals surface area contributed by atoms with Crippen LogP contribution in [0.5, 0.6) is 0 Å². The third-order valence-electron chi connectivity index (χ3n) is 5.41. The highest BCUT2D eigenvalue weighted by Gasteiger charge is 2.19. The lowest BCUT2D eigenvalue weighted by atomic mass is 10.1. The largest absolute Gasteiger partial charge is 0.309 e. The minimum absolute atomic E-state index is 0.0901. The SMILES string of the molecule is Cc1cc(C)c2c(-c3ccccc3)nc(SCC(=O)Nc3c(C#N)cnn3-c3ccccc3)n2n1. The van der Waals surface area contributed by atoms with Crippen molar-refractivity contribution >= 4 is 29.0 Å². The number of aryl methyl sites for hydroxylation is 2. The number of anilines is 1. The van der Waals surface area contributed by atoms with Gasteiger partial charge in [0.2, 0.25) is 5.91 Å². The number of aromatic nitrogens is 5. The van der Waals surface area contributed by atoms with Gasteiger partial charge in [0.25, 0.3) is 0 Å². The number of carbonyl (C=O) groups excluding carboxylic acids is 1. The second-order valence-electron chi connectivity index (χ2n) is 7.94. The molecule has 3 heterocycles. The summed E-state index contributed by atoms with van der Waals surface area (Å²) < 4.78 is 3.35. The summed E-state index contributed by atoms with van der Waals surface area (Å²) in [5.41, 5.74) is 5.69. The number of thioether (sulfide) groups is 1. The van der Waals surface area contributed by atoms with Gasteiger partial charge in [0, 0.05) is 5.56 Å². The summed E-state index contributed by atoms with van der Waals surface area (Å²) in [6.45, 7) is 3.97. The normalized spacial score (nSPS) is 10.9. The highest BCUT2D eigenvalue weighted by atomic mass is 32.2. The molecular weight excluding hydrogens is 458 g/mol. The summed E-state index contributed by atoms with van der Waals surface area (Å²) in [5, 5.41) is 21.9. The molecule has 0 aliphatic heterocycles. The zero-order valence-electron chi connectivity index (χ0n) is 19.1. The summed E-state index contributed by atoms with van der Waals surface area (Å²) >= 11 is 1.29. The molecule has 3 aromatic heterocycles. The number of nitrogens with zero attached hydrogens (tertiary/aromatic N) is 6. The summed E-state index contributed by atoms with van der Waals surface area (Å²) in [7, 11) is 0. The Labute approximate surface area is 206 Å². The number of rotatable bonds is 6. The van der Waals surface area contributed by atoms with Crippen LogP contribution in [-0.2, 0) is 4.79 Å². The second kappa shape index (κ2) is 9.44. The maximum Gasteiger partial charge on any atom is 0.236 e. The molecule has 8 nitrogen and oxygen atoms in total. The van der Waals surface area contributed by atoms with Crippen LogP contribution in [0.1, 0.15) is 16.8 Å². The van der Waals surface area contributed by atoms with Crippen LogP contribution in [0.2, 0.25) is 0 Å². The molecule has 0 radical (unpaired) electrons. The first kappa shape index (κ1) is 22.4. The monoisotopic (exact) mass is 479 g/mol. The molecule has 35 heavy (non-hydrogen) atoms. The van der Waals surface area contributed by atoms with Crippen LogP contribution < -0.4 is 5.32 Å². The average molecular weight is 480 g/mol. The van der Waals surface area contributed by atoms with Crippen LogP contribution in [0.25, 0.3) is 22.5 Å². The molecular formula is C26H21N7OS. The highest BCUT2D eigenvalue weighted by Crippen LogP contribution is 2.31. The van der Waals surface area contributed by atoms with Crippen molar-refractivity contribution in [3.63, 3.8) is 0 Å². The number of amides is 1. The Morgan fingerprint density at radius 1 is 1.09 bits per heavy atom. The Bertz CT molecular complexity index is 1570. The highest BCUT2D eigenvalue weighted by molar-refractivity contribution is 7.99. The van der Waals surface area contributed by atoms with Crippen LogP contribution in [0.15, 0.2) is 78.1 Å². The number of carbonyl (C=O) groups is 1. The lowest BCUT2D eigenvalue weighted by molar-refractivity contribution is -0.113. The molecule has 1 amide bonds. The van der Waals surface area contributed by atoms with E-state index in [1.807, 2.05) is 80.6 Å². The number of benzene rings is 2. The molecule has 2 aromatic carbocycles. The van der Waals surface area contributed by atoms with E-state index in [0.717, 1.165) is 33.7 Å². The van der Waals surface area contributed by atoms with Gasteiger partial charge in [-0.15, -0.1) is 0 Å². The summed E-state index contributed by atoms with van der Waals surface area (Å²) in [6.07, 6.45) is 1.44. The predicted octanol–water partition coefficient (Wildman–Crippen LogP) is 4.80. The van der Waals surface area contributed by atoms with Crippen molar-refractivity contribution in [2.45, 2.75) is 19.0 Å². The van der Waals surface area contributed by atoms with Crippen molar-refractivity contribution in [1.29, 1.82) is 5.26 Å². The molecule has 0 spiro atoms. The molecule has 172 valence electrons. The zero-order chi connectivity index (χ0) is 24.4. The van der Waals surface area contributed by atoms with E-state index < -0.39 is 0 Å². The van der Waals surface area contributed by atoms with Crippen molar-refractivity contribution in [3.8, 4) is 23.0 Å². The molecule has 0 bridgehead atoms. The molecule has 5 rings (SSSR count). The molecule has 0 unspecified atom stereocenters. The Morgan fingerprint density at radius 2 is 1.80 bits per heavy atom. The minimum atomic E-state index is -0.272. The standard InChI is InChI=1S/C26H21N7OS/c1-17-13-18(2)31-33-24(17)23(19-9-5-3-6-10-19)30-26(33)35-16-22(34)29-25-20(14-27)15-28-32(25)21-11-7-4-8-12-21/h3-13,15H,16H2,1-2H3,(H,29,34). The van der Waals surface area contributed by atoms with Gasteiger partial charge in [-0.2, -0.15) is 15.5 Å². The third kappa shape index (κ3) is 4.39. The van der Waals surface area contributed by atoms with Gasteiger partial charge in [-0.25, -0.2) is 14.2 Å². The van der Waals surface area contributed by atoms with Crippen LogP contribution in [-0.4, -0.2) is 36.0 Å². The lowest BCUT2D eigenvalue weighted by Gasteiger charge is -2.09. The first-order valence-corrected chi connectivity index (χ1v) is 11.9. The van der Waals surface area contributed by atoms with E-state index in [1.165, 1.54) is 18.0 Å². The molecule has 0 saturated heterocycles. The number of nitriles is 1. The second-order valence-corrected chi connectivity index (χ2v) is 8.88. The van der Waals surface area contributed by atoms with Crippen molar-refractivity contribution in [1.82, 2.24) is 24.4 Å². The van der Waals surface area contributed by atoms with Gasteiger partial charge < -0.3 is 5.32 Å². The number of nitrogens with one attached hydrogen (secondary N) is 1. The smallest absolute Gasteiger partial charge is 0.236 e. The molecule has 0 fully saturated rings. The Balaban J connectivity index is 1.43. The number of para-hydroxylation sites is 1.